The van der Waals surface area contributed by atoms with Crippen LogP contribution in [0.5, 0.6) is 0 Å². The summed E-state index contributed by atoms with van der Waals surface area (Å²) in [4.78, 5) is 23.0. The standard InChI is InChI=1S/C10H14N2O4S3/c1-3-4-5-15-7(13)6-16-9(14)8-11-12-10(17)19(8)18-2/h3-6H2,1-2H3/p+1. The minimum atomic E-state index is -0.641. The molecule has 9 heteroatoms. The highest BCUT2D eigenvalue weighted by atomic mass is 33.1. The van der Waals surface area contributed by atoms with E-state index in [1.807, 2.05) is 13.2 Å². The number of esters is 2. The molecule has 0 spiro atoms. The molecule has 0 radical (unpaired) electrons. The van der Waals surface area contributed by atoms with Gasteiger partial charge in [0.05, 0.1) is 6.61 Å². The van der Waals surface area contributed by atoms with Crippen LogP contribution in [-0.4, -0.2) is 41.6 Å². The summed E-state index contributed by atoms with van der Waals surface area (Å²) >= 11 is 5.01. The molecule has 0 amide bonds. The zero-order valence-corrected chi connectivity index (χ0v) is 13.1. The molecule has 6 nitrogen and oxygen atoms in total. The lowest BCUT2D eigenvalue weighted by Gasteiger charge is -2.03. The van der Waals surface area contributed by atoms with Crippen molar-refractivity contribution in [2.45, 2.75) is 19.8 Å². The summed E-state index contributed by atoms with van der Waals surface area (Å²) in [6, 6.07) is 0. The molecule has 1 N–H and O–H groups in total. The molecule has 0 bridgehead atoms. The predicted octanol–water partition coefficient (Wildman–Crippen LogP) is 2.51. The molecule has 0 saturated carbocycles. The van der Waals surface area contributed by atoms with Gasteiger partial charge < -0.3 is 9.47 Å². The van der Waals surface area contributed by atoms with E-state index in [0.29, 0.717) is 10.6 Å². The third-order valence-corrected chi connectivity index (χ3v) is 6.27. The van der Waals surface area contributed by atoms with Gasteiger partial charge >= 0.3 is 20.9 Å². The fraction of sp³-hybridized carbons (Fsp3) is 0.600. The molecule has 0 aliphatic carbocycles. The van der Waals surface area contributed by atoms with Crippen molar-refractivity contribution in [1.29, 1.82) is 0 Å². The van der Waals surface area contributed by atoms with E-state index in [9.17, 15) is 9.59 Å². The third kappa shape index (κ3) is 4.92. The Morgan fingerprint density at radius 2 is 2.21 bits per heavy atom. The van der Waals surface area contributed by atoms with Gasteiger partial charge in [0.1, 0.15) is 0 Å². The highest BCUT2D eigenvalue weighted by Crippen LogP contribution is 2.34. The van der Waals surface area contributed by atoms with Gasteiger partial charge in [0.25, 0.3) is 12.2 Å². The van der Waals surface area contributed by atoms with E-state index >= 15 is 0 Å². The van der Waals surface area contributed by atoms with Crippen LogP contribution in [0.25, 0.3) is 0 Å². The second kappa shape index (κ2) is 8.28. The first-order chi connectivity index (χ1) is 9.10. The zero-order valence-electron chi connectivity index (χ0n) is 10.6. The zero-order chi connectivity index (χ0) is 14.3. The Kier molecular flexibility index (Phi) is 7.03. The lowest BCUT2D eigenvalue weighted by Crippen LogP contribution is -2.17. The Balaban J connectivity index is 2.47. The summed E-state index contributed by atoms with van der Waals surface area (Å²) in [5.74, 6) is -1.20. The van der Waals surface area contributed by atoms with Crippen molar-refractivity contribution in [3.63, 3.8) is 0 Å². The Bertz CT molecular complexity index is 497. The number of carbonyl (C=O) groups is 2. The number of nitrogens with zero attached hydrogens (tertiary/aromatic N) is 1. The second-order valence-corrected chi connectivity index (χ2v) is 7.73. The number of aromatic amines is 1. The van der Waals surface area contributed by atoms with Crippen molar-refractivity contribution in [1.82, 2.24) is 10.2 Å². The minimum Gasteiger partial charge on any atom is -0.463 e. The van der Waals surface area contributed by atoms with Crippen LogP contribution < -0.4 is 0 Å². The van der Waals surface area contributed by atoms with Gasteiger partial charge in [-0.15, -0.1) is 5.10 Å². The molecule has 1 heterocycles. The predicted molar refractivity (Wildman–Crippen MR) is 77.0 cm³/mol. The van der Waals surface area contributed by atoms with Crippen LogP contribution in [0.2, 0.25) is 0 Å². The second-order valence-electron chi connectivity index (χ2n) is 3.40. The Hall–Kier alpha value is -0.930. The normalized spacial score (nSPS) is 11.2. The van der Waals surface area contributed by atoms with Gasteiger partial charge in [0, 0.05) is 26.6 Å². The maximum Gasteiger partial charge on any atom is 0.391 e. The van der Waals surface area contributed by atoms with Crippen molar-refractivity contribution >= 4 is 44.5 Å². The van der Waals surface area contributed by atoms with Crippen molar-refractivity contribution in [2.75, 3.05) is 19.5 Å². The van der Waals surface area contributed by atoms with Crippen molar-refractivity contribution in [3.05, 3.63) is 8.96 Å². The first kappa shape index (κ1) is 16.1. The van der Waals surface area contributed by atoms with Crippen LogP contribution in [-0.2, 0) is 14.3 Å². The molecule has 1 unspecified atom stereocenters. The largest absolute Gasteiger partial charge is 0.463 e. The highest BCUT2D eigenvalue weighted by molar-refractivity contribution is 8.45. The van der Waals surface area contributed by atoms with Crippen LogP contribution >= 0.6 is 32.5 Å². The Labute approximate surface area is 122 Å². The van der Waals surface area contributed by atoms with Gasteiger partial charge in [-0.3, -0.25) is 0 Å². The first-order valence-corrected chi connectivity index (χ1v) is 8.96. The van der Waals surface area contributed by atoms with Gasteiger partial charge in [-0.25, -0.2) is 14.7 Å². The quantitative estimate of drug-likeness (QED) is 0.271. The van der Waals surface area contributed by atoms with E-state index in [1.165, 1.54) is 10.8 Å². The Morgan fingerprint density at radius 3 is 2.84 bits per heavy atom. The van der Waals surface area contributed by atoms with Gasteiger partial charge in [0.2, 0.25) is 0 Å². The van der Waals surface area contributed by atoms with Crippen LogP contribution in [0.4, 0.5) is 0 Å². The molecule has 1 aromatic heterocycles. The third-order valence-electron chi connectivity index (χ3n) is 2.02. The summed E-state index contributed by atoms with van der Waals surface area (Å²) in [6.45, 7) is 1.93. The summed E-state index contributed by atoms with van der Waals surface area (Å²) in [5, 5.41) is 6.59. The molecule has 0 aliphatic rings. The molecule has 106 valence electrons. The lowest BCUT2D eigenvalue weighted by molar-refractivity contribution is -0.147. The smallest absolute Gasteiger partial charge is 0.391 e. The lowest BCUT2D eigenvalue weighted by atomic mass is 10.4. The summed E-state index contributed by atoms with van der Waals surface area (Å²) in [6.07, 6.45) is 3.55. The van der Waals surface area contributed by atoms with Crippen LogP contribution in [0.1, 0.15) is 29.6 Å². The summed E-state index contributed by atoms with van der Waals surface area (Å²) in [7, 11) is 0.796. The highest BCUT2D eigenvalue weighted by Gasteiger charge is 2.25. The molecule has 1 aromatic rings. The van der Waals surface area contributed by atoms with E-state index in [-0.39, 0.29) is 5.01 Å². The monoisotopic (exact) mass is 323 g/mol. The fourth-order valence-corrected chi connectivity index (χ4v) is 4.30. The fourth-order valence-electron chi connectivity index (χ4n) is 1.10. The summed E-state index contributed by atoms with van der Waals surface area (Å²) < 4.78 is 10.2. The summed E-state index contributed by atoms with van der Waals surface area (Å²) in [5.41, 5.74) is 0. The average Bonchev–Trinajstić information content (AvgIpc) is 2.77. The molecular weight excluding hydrogens is 308 g/mol. The first-order valence-electron chi connectivity index (χ1n) is 5.59. The van der Waals surface area contributed by atoms with E-state index in [2.05, 4.69) is 10.2 Å². The molecule has 0 aromatic carbocycles. The van der Waals surface area contributed by atoms with Crippen molar-refractivity contribution in [2.24, 2.45) is 0 Å². The van der Waals surface area contributed by atoms with Gasteiger partial charge in [-0.05, 0) is 6.42 Å². The van der Waals surface area contributed by atoms with Gasteiger partial charge in [-0.2, -0.15) is 0 Å². The van der Waals surface area contributed by atoms with Crippen molar-refractivity contribution in [3.8, 4) is 0 Å². The van der Waals surface area contributed by atoms with E-state index in [0.717, 1.165) is 12.8 Å². The Morgan fingerprint density at radius 1 is 1.47 bits per heavy atom. The topological polar surface area (TPSA) is 81.3 Å². The van der Waals surface area contributed by atoms with E-state index < -0.39 is 28.0 Å². The number of carbonyl (C=O) groups excluding carboxylic acids is 2. The van der Waals surface area contributed by atoms with Crippen molar-refractivity contribution < 1.29 is 19.1 Å². The van der Waals surface area contributed by atoms with Gasteiger partial charge in [-0.1, -0.05) is 13.3 Å². The molecule has 0 fully saturated rings. The maximum absolute atomic E-state index is 11.7. The molecule has 0 aliphatic heterocycles. The molecular formula is C10H15N2O4S3+. The molecule has 1 atom stereocenters. The number of ether oxygens (including phenoxy) is 2. The van der Waals surface area contributed by atoms with Crippen LogP contribution in [0.3, 0.4) is 0 Å². The number of H-pyrrole nitrogens is 1. The molecule has 0 saturated heterocycles. The number of aromatic nitrogens is 2. The molecule has 1 rings (SSSR count). The van der Waals surface area contributed by atoms with Crippen LogP contribution in [0, 0.1) is 3.95 Å². The average molecular weight is 323 g/mol. The van der Waals surface area contributed by atoms with Crippen LogP contribution in [0.15, 0.2) is 0 Å². The molecule has 19 heavy (non-hydrogen) atoms. The minimum absolute atomic E-state index is 0.207. The number of hydrogen-bond donors (Lipinski definition) is 1. The van der Waals surface area contributed by atoms with Gasteiger partial charge in [0.15, 0.2) is 6.61 Å². The maximum atomic E-state index is 11.7. The SMILES string of the molecule is CCCCOC(=O)COC(=O)c1n[nH]c(=S)[s+]1SC. The number of nitrogens with one attached hydrogen (secondary N) is 1. The van der Waals surface area contributed by atoms with E-state index in [4.69, 9.17) is 21.7 Å². The number of rotatable bonds is 7. The van der Waals surface area contributed by atoms with E-state index in [1.54, 1.807) is 0 Å². The number of unbranched alkanes of at least 4 members (excludes halogenated alkanes) is 1. The number of hydrogen-bond acceptors (Lipinski definition) is 7.